The number of aryl methyl sites for hydroxylation is 2. The van der Waals surface area contributed by atoms with Crippen molar-refractivity contribution < 1.29 is 4.42 Å². The fourth-order valence-electron chi connectivity index (χ4n) is 4.42. The zero-order chi connectivity index (χ0) is 18.1. The summed E-state index contributed by atoms with van der Waals surface area (Å²) in [5.41, 5.74) is 3.57. The second kappa shape index (κ2) is 7.25. The van der Waals surface area contributed by atoms with Crippen molar-refractivity contribution in [3.63, 3.8) is 0 Å². The van der Waals surface area contributed by atoms with Crippen molar-refractivity contribution in [3.8, 4) is 0 Å². The molecule has 1 saturated heterocycles. The number of hydrogen-bond acceptors (Lipinski definition) is 4. The molecule has 0 saturated carbocycles. The van der Waals surface area contributed by atoms with E-state index < -0.39 is 0 Å². The highest BCUT2D eigenvalue weighted by atomic mass is 16.3. The van der Waals surface area contributed by atoms with Gasteiger partial charge in [-0.15, -0.1) is 0 Å². The van der Waals surface area contributed by atoms with Crippen LogP contribution < -0.4 is 5.32 Å². The van der Waals surface area contributed by atoms with Gasteiger partial charge in [0.15, 0.2) is 0 Å². The van der Waals surface area contributed by atoms with Crippen molar-refractivity contribution in [2.24, 2.45) is 13.0 Å². The van der Waals surface area contributed by atoms with E-state index in [4.69, 9.17) is 4.42 Å². The molecule has 1 aliphatic heterocycles. The smallest absolute Gasteiger partial charge is 0.134 e. The molecule has 5 heteroatoms. The molecule has 26 heavy (non-hydrogen) atoms. The van der Waals surface area contributed by atoms with E-state index in [9.17, 15) is 0 Å². The van der Waals surface area contributed by atoms with E-state index in [1.54, 1.807) is 0 Å². The average molecular weight is 352 g/mol. The summed E-state index contributed by atoms with van der Waals surface area (Å²) in [5, 5.41) is 4.93. The minimum atomic E-state index is 0.422. The molecule has 138 valence electrons. The number of para-hydroxylation sites is 1. The number of rotatable bonds is 5. The Kier molecular flexibility index (Phi) is 4.83. The molecule has 3 aromatic rings. The third kappa shape index (κ3) is 3.17. The quantitative estimate of drug-likeness (QED) is 0.761. The van der Waals surface area contributed by atoms with E-state index in [1.807, 2.05) is 24.7 Å². The molecule has 1 fully saturated rings. The number of benzene rings is 1. The fraction of sp³-hybridized carbons (Fsp3) is 0.476. The number of hydrogen-bond donors (Lipinski definition) is 1. The van der Waals surface area contributed by atoms with Gasteiger partial charge >= 0.3 is 0 Å². The Balaban J connectivity index is 1.47. The second-order valence-electron chi connectivity index (χ2n) is 7.52. The Labute approximate surface area is 155 Å². The summed E-state index contributed by atoms with van der Waals surface area (Å²) in [6, 6.07) is 8.72. The molecule has 0 unspecified atom stereocenters. The minimum absolute atomic E-state index is 0.422. The van der Waals surface area contributed by atoms with Gasteiger partial charge in [-0.1, -0.05) is 18.2 Å². The van der Waals surface area contributed by atoms with Gasteiger partial charge in [-0.25, -0.2) is 4.98 Å². The van der Waals surface area contributed by atoms with Crippen LogP contribution in [0.1, 0.15) is 35.9 Å². The maximum atomic E-state index is 5.89. The highest BCUT2D eigenvalue weighted by molar-refractivity contribution is 5.82. The molecule has 3 heterocycles. The molecule has 0 spiro atoms. The number of furan rings is 1. The molecule has 0 amide bonds. The molecule has 0 bridgehead atoms. The topological polar surface area (TPSA) is 46.2 Å². The van der Waals surface area contributed by atoms with Gasteiger partial charge in [0.2, 0.25) is 0 Å². The lowest BCUT2D eigenvalue weighted by Gasteiger charge is -2.39. The Bertz CT molecular complexity index is 881. The molecule has 4 rings (SSSR count). The number of aromatic nitrogens is 2. The summed E-state index contributed by atoms with van der Waals surface area (Å²) in [5.74, 6) is 1.60. The van der Waals surface area contributed by atoms with E-state index in [2.05, 4.69) is 52.9 Å². The predicted molar refractivity (Wildman–Crippen MR) is 104 cm³/mol. The summed E-state index contributed by atoms with van der Waals surface area (Å²) in [6.07, 6.45) is 6.43. The van der Waals surface area contributed by atoms with Crippen LogP contribution in [0.5, 0.6) is 0 Å². The summed E-state index contributed by atoms with van der Waals surface area (Å²) in [7, 11) is 4.33. The molecular formula is C21H28N4O. The fourth-order valence-corrected chi connectivity index (χ4v) is 4.42. The van der Waals surface area contributed by atoms with Crippen LogP contribution in [0.4, 0.5) is 0 Å². The Morgan fingerprint density at radius 1 is 1.27 bits per heavy atom. The second-order valence-corrected chi connectivity index (χ2v) is 7.52. The Morgan fingerprint density at radius 3 is 2.92 bits per heavy atom. The molecule has 1 N–H and O–H groups in total. The van der Waals surface area contributed by atoms with Gasteiger partial charge in [-0.2, -0.15) is 0 Å². The van der Waals surface area contributed by atoms with Crippen molar-refractivity contribution in [2.45, 2.75) is 32.4 Å². The van der Waals surface area contributed by atoms with Crippen molar-refractivity contribution >= 4 is 11.0 Å². The van der Waals surface area contributed by atoms with Gasteiger partial charge < -0.3 is 14.3 Å². The highest BCUT2D eigenvalue weighted by Gasteiger charge is 2.32. The van der Waals surface area contributed by atoms with Crippen LogP contribution in [0.25, 0.3) is 11.0 Å². The van der Waals surface area contributed by atoms with E-state index in [0.29, 0.717) is 12.0 Å². The summed E-state index contributed by atoms with van der Waals surface area (Å²) >= 11 is 0. The van der Waals surface area contributed by atoms with Gasteiger partial charge in [-0.3, -0.25) is 4.90 Å². The zero-order valence-electron chi connectivity index (χ0n) is 15.9. The van der Waals surface area contributed by atoms with Gasteiger partial charge in [0.05, 0.1) is 18.1 Å². The molecule has 0 aliphatic carbocycles. The molecule has 1 aromatic carbocycles. The normalized spacial score (nSPS) is 21.5. The maximum Gasteiger partial charge on any atom is 0.134 e. The summed E-state index contributed by atoms with van der Waals surface area (Å²) in [4.78, 5) is 6.81. The van der Waals surface area contributed by atoms with Crippen molar-refractivity contribution in [1.82, 2.24) is 19.8 Å². The number of nitrogens with one attached hydrogen (secondary N) is 1. The Hall–Kier alpha value is -2.11. The van der Waals surface area contributed by atoms with Crippen LogP contribution in [0.15, 0.2) is 41.2 Å². The Morgan fingerprint density at radius 2 is 2.12 bits per heavy atom. The number of imidazole rings is 1. The SMILES string of the molecule is Cc1oc2ccccc2c1CNC[C@@H]1CCCN(C)[C@H]1c1cncn1C. The number of likely N-dealkylation sites (tertiary alicyclic amines) is 1. The van der Waals surface area contributed by atoms with Crippen LogP contribution in [-0.2, 0) is 13.6 Å². The third-order valence-electron chi connectivity index (χ3n) is 5.77. The van der Waals surface area contributed by atoms with Crippen LogP contribution >= 0.6 is 0 Å². The first-order chi connectivity index (χ1) is 12.6. The van der Waals surface area contributed by atoms with Crippen molar-refractivity contribution in [2.75, 3.05) is 20.1 Å². The van der Waals surface area contributed by atoms with Gasteiger partial charge in [-0.05, 0) is 45.3 Å². The van der Waals surface area contributed by atoms with Gasteiger partial charge in [0.1, 0.15) is 11.3 Å². The highest BCUT2D eigenvalue weighted by Crippen LogP contribution is 2.34. The van der Waals surface area contributed by atoms with E-state index in [-0.39, 0.29) is 0 Å². The number of nitrogens with zero attached hydrogens (tertiary/aromatic N) is 3. The van der Waals surface area contributed by atoms with Crippen molar-refractivity contribution in [3.05, 3.63) is 53.8 Å². The van der Waals surface area contributed by atoms with Crippen molar-refractivity contribution in [1.29, 1.82) is 0 Å². The molecule has 2 atom stereocenters. The van der Waals surface area contributed by atoms with E-state index >= 15 is 0 Å². The molecular weight excluding hydrogens is 324 g/mol. The van der Waals surface area contributed by atoms with Crippen LogP contribution in [0.3, 0.4) is 0 Å². The molecule has 1 aliphatic rings. The largest absolute Gasteiger partial charge is 0.461 e. The van der Waals surface area contributed by atoms with Crippen LogP contribution in [0.2, 0.25) is 0 Å². The predicted octanol–water partition coefficient (Wildman–Crippen LogP) is 3.65. The monoisotopic (exact) mass is 352 g/mol. The zero-order valence-corrected chi connectivity index (χ0v) is 15.9. The molecule has 0 radical (unpaired) electrons. The van der Waals surface area contributed by atoms with E-state index in [0.717, 1.165) is 31.0 Å². The third-order valence-corrected chi connectivity index (χ3v) is 5.77. The minimum Gasteiger partial charge on any atom is -0.461 e. The lowest BCUT2D eigenvalue weighted by molar-refractivity contribution is 0.113. The standard InChI is InChI=1S/C21H28N4O/c1-15-18(17-8-4-5-9-20(17)26-15)12-22-11-16-7-6-10-24(2)21(16)19-13-23-14-25(19)3/h4-5,8-9,13-14,16,21-22H,6-7,10-12H2,1-3H3/t16-,21+/m0/s1. The van der Waals surface area contributed by atoms with Crippen LogP contribution in [-0.4, -0.2) is 34.6 Å². The summed E-state index contributed by atoms with van der Waals surface area (Å²) in [6.45, 7) is 5.06. The van der Waals surface area contributed by atoms with E-state index in [1.165, 1.54) is 29.5 Å². The van der Waals surface area contributed by atoms with Gasteiger partial charge in [0, 0.05) is 37.3 Å². The molecule has 5 nitrogen and oxygen atoms in total. The maximum absolute atomic E-state index is 5.89. The first-order valence-corrected chi connectivity index (χ1v) is 9.49. The first kappa shape index (κ1) is 17.3. The van der Waals surface area contributed by atoms with Crippen LogP contribution in [0, 0.1) is 12.8 Å². The first-order valence-electron chi connectivity index (χ1n) is 9.49. The molecule has 2 aromatic heterocycles. The lowest BCUT2D eigenvalue weighted by atomic mass is 9.87. The average Bonchev–Trinajstić information content (AvgIpc) is 3.18. The lowest BCUT2D eigenvalue weighted by Crippen LogP contribution is -2.41. The summed E-state index contributed by atoms with van der Waals surface area (Å²) < 4.78 is 8.05. The number of fused-ring (bicyclic) bond motifs is 1. The number of piperidine rings is 1. The van der Waals surface area contributed by atoms with Gasteiger partial charge in [0.25, 0.3) is 0 Å².